The van der Waals surface area contributed by atoms with E-state index in [0.29, 0.717) is 22.2 Å². The molecule has 106 valence electrons. The first-order valence-electron chi connectivity index (χ1n) is 6.45. The highest BCUT2D eigenvalue weighted by Crippen LogP contribution is 2.23. The Labute approximate surface area is 128 Å². The third-order valence-electron chi connectivity index (χ3n) is 3.27. The van der Waals surface area contributed by atoms with Gasteiger partial charge in [-0.2, -0.15) is 5.10 Å². The molecule has 0 aliphatic rings. The summed E-state index contributed by atoms with van der Waals surface area (Å²) in [5, 5.41) is 5.48. The Morgan fingerprint density at radius 2 is 2.00 bits per heavy atom. The largest absolute Gasteiger partial charge is 0.294 e. The number of nitrogens with zero attached hydrogens (tertiary/aromatic N) is 2. The smallest absolute Gasteiger partial charge is 0.168 e. The second-order valence-corrected chi connectivity index (χ2v) is 5.51. The summed E-state index contributed by atoms with van der Waals surface area (Å²) in [6.45, 7) is 6.40. The Hall–Kier alpha value is -1.32. The third kappa shape index (κ3) is 2.89. The van der Waals surface area contributed by atoms with Gasteiger partial charge in [0.05, 0.1) is 22.8 Å². The van der Waals surface area contributed by atoms with Crippen LogP contribution >= 0.6 is 23.2 Å². The Morgan fingerprint density at radius 3 is 2.60 bits per heavy atom. The summed E-state index contributed by atoms with van der Waals surface area (Å²) in [7, 11) is 0. The number of halogens is 2. The van der Waals surface area contributed by atoms with E-state index in [-0.39, 0.29) is 12.2 Å². The lowest BCUT2D eigenvalue weighted by Crippen LogP contribution is -2.10. The summed E-state index contributed by atoms with van der Waals surface area (Å²) in [5.74, 6) is -0.0107. The van der Waals surface area contributed by atoms with Gasteiger partial charge in [-0.25, -0.2) is 0 Å². The van der Waals surface area contributed by atoms with Gasteiger partial charge < -0.3 is 0 Å². The zero-order chi connectivity index (χ0) is 14.9. The van der Waals surface area contributed by atoms with Gasteiger partial charge in [0.2, 0.25) is 0 Å². The van der Waals surface area contributed by atoms with Crippen LogP contribution in [0.15, 0.2) is 18.2 Å². The highest BCUT2D eigenvalue weighted by atomic mass is 35.5. The molecule has 0 saturated heterocycles. The van der Waals surface area contributed by atoms with Crippen LogP contribution in [0.3, 0.4) is 0 Å². The van der Waals surface area contributed by atoms with Crippen LogP contribution in [0.4, 0.5) is 0 Å². The first-order chi connectivity index (χ1) is 9.43. The molecule has 0 radical (unpaired) electrons. The maximum atomic E-state index is 12.3. The number of hydrogen-bond donors (Lipinski definition) is 0. The highest BCUT2D eigenvalue weighted by molar-refractivity contribution is 6.32. The molecule has 0 aliphatic carbocycles. The van der Waals surface area contributed by atoms with Gasteiger partial charge >= 0.3 is 0 Å². The normalized spacial score (nSPS) is 10.8. The number of aromatic nitrogens is 2. The van der Waals surface area contributed by atoms with Crippen molar-refractivity contribution in [3.05, 3.63) is 50.8 Å². The molecule has 3 nitrogen and oxygen atoms in total. The van der Waals surface area contributed by atoms with Crippen molar-refractivity contribution in [1.29, 1.82) is 0 Å². The lowest BCUT2D eigenvalue weighted by molar-refractivity contribution is 0.0990. The summed E-state index contributed by atoms with van der Waals surface area (Å²) >= 11 is 12.3. The second-order valence-electron chi connectivity index (χ2n) is 4.73. The molecule has 2 rings (SSSR count). The summed E-state index contributed by atoms with van der Waals surface area (Å²) in [5.41, 5.74) is 3.06. The Kier molecular flexibility index (Phi) is 4.51. The topological polar surface area (TPSA) is 34.9 Å². The average molecular weight is 311 g/mol. The number of hydrogen-bond acceptors (Lipinski definition) is 2. The fraction of sp³-hybridized carbons (Fsp3) is 0.333. The van der Waals surface area contributed by atoms with E-state index in [1.165, 1.54) is 0 Å². The van der Waals surface area contributed by atoms with Crippen LogP contribution in [0.5, 0.6) is 0 Å². The fourth-order valence-electron chi connectivity index (χ4n) is 2.06. The van der Waals surface area contributed by atoms with Crippen molar-refractivity contribution >= 4 is 29.0 Å². The first kappa shape index (κ1) is 15.1. The number of benzene rings is 1. The molecule has 0 amide bonds. The SMILES string of the molecule is CCn1nc(C)c(Cl)c1CC(=O)c1ccc(C)c(Cl)c1. The quantitative estimate of drug-likeness (QED) is 0.791. The predicted molar refractivity (Wildman–Crippen MR) is 81.9 cm³/mol. The number of ketones is 1. The van der Waals surface area contributed by atoms with Crippen molar-refractivity contribution in [3.63, 3.8) is 0 Å². The molecule has 20 heavy (non-hydrogen) atoms. The molecule has 0 spiro atoms. The van der Waals surface area contributed by atoms with Gasteiger partial charge in [0.25, 0.3) is 0 Å². The molecule has 0 bridgehead atoms. The lowest BCUT2D eigenvalue weighted by atomic mass is 10.0. The van der Waals surface area contributed by atoms with Crippen LogP contribution in [0.1, 0.15) is 34.2 Å². The summed E-state index contributed by atoms with van der Waals surface area (Å²) in [4.78, 5) is 12.3. The molecule has 0 fully saturated rings. The Morgan fingerprint density at radius 1 is 1.30 bits per heavy atom. The van der Waals surface area contributed by atoms with Crippen molar-refractivity contribution in [2.45, 2.75) is 33.7 Å². The van der Waals surface area contributed by atoms with Crippen molar-refractivity contribution < 1.29 is 4.79 Å². The van der Waals surface area contributed by atoms with Crippen LogP contribution in [-0.4, -0.2) is 15.6 Å². The van der Waals surface area contributed by atoms with Gasteiger partial charge in [0.1, 0.15) is 0 Å². The van der Waals surface area contributed by atoms with Gasteiger partial charge in [0, 0.05) is 17.1 Å². The van der Waals surface area contributed by atoms with E-state index in [1.807, 2.05) is 26.8 Å². The van der Waals surface area contributed by atoms with Gasteiger partial charge in [-0.15, -0.1) is 0 Å². The van der Waals surface area contributed by atoms with Crippen molar-refractivity contribution in [2.24, 2.45) is 0 Å². The van der Waals surface area contributed by atoms with Gasteiger partial charge in [0.15, 0.2) is 5.78 Å². The van der Waals surface area contributed by atoms with E-state index in [9.17, 15) is 4.79 Å². The number of Topliss-reactive ketones (excluding diaryl/α,β-unsaturated/α-hetero) is 1. The molecule has 0 atom stereocenters. The summed E-state index contributed by atoms with van der Waals surface area (Å²) in [6.07, 6.45) is 0.229. The van der Waals surface area contributed by atoms with E-state index in [1.54, 1.807) is 16.8 Å². The zero-order valence-corrected chi connectivity index (χ0v) is 13.2. The minimum atomic E-state index is -0.0107. The average Bonchev–Trinajstić information content (AvgIpc) is 2.69. The van der Waals surface area contributed by atoms with E-state index in [0.717, 1.165) is 17.0 Å². The monoisotopic (exact) mass is 310 g/mol. The van der Waals surface area contributed by atoms with Crippen molar-refractivity contribution in [3.8, 4) is 0 Å². The van der Waals surface area contributed by atoms with E-state index >= 15 is 0 Å². The Bertz CT molecular complexity index is 662. The molecule has 0 unspecified atom stereocenters. The molecule has 0 saturated carbocycles. The summed E-state index contributed by atoms with van der Waals surface area (Å²) in [6, 6.07) is 5.34. The highest BCUT2D eigenvalue weighted by Gasteiger charge is 2.17. The van der Waals surface area contributed by atoms with Crippen LogP contribution in [0, 0.1) is 13.8 Å². The zero-order valence-electron chi connectivity index (χ0n) is 11.7. The number of carbonyl (C=O) groups is 1. The molecule has 2 aromatic rings. The van der Waals surface area contributed by atoms with Crippen LogP contribution < -0.4 is 0 Å². The molecule has 5 heteroatoms. The lowest BCUT2D eigenvalue weighted by Gasteiger charge is -2.06. The molecule has 0 aliphatic heterocycles. The Balaban J connectivity index is 2.30. The van der Waals surface area contributed by atoms with E-state index < -0.39 is 0 Å². The second kappa shape index (κ2) is 5.98. The van der Waals surface area contributed by atoms with Crippen LogP contribution in [0.2, 0.25) is 10.0 Å². The van der Waals surface area contributed by atoms with Crippen molar-refractivity contribution in [1.82, 2.24) is 9.78 Å². The van der Waals surface area contributed by atoms with Gasteiger partial charge in [-0.05, 0) is 32.4 Å². The number of aryl methyl sites for hydroxylation is 3. The summed E-state index contributed by atoms with van der Waals surface area (Å²) < 4.78 is 1.77. The standard InChI is InChI=1S/C15H16Cl2N2O/c1-4-19-13(15(17)10(3)18-19)8-14(20)11-6-5-9(2)12(16)7-11/h5-7H,4,8H2,1-3H3. The van der Waals surface area contributed by atoms with E-state index in [2.05, 4.69) is 5.10 Å². The third-order valence-corrected chi connectivity index (χ3v) is 4.17. The van der Waals surface area contributed by atoms with Crippen LogP contribution in [-0.2, 0) is 13.0 Å². The number of carbonyl (C=O) groups excluding carboxylic acids is 1. The predicted octanol–water partition coefficient (Wildman–Crippen LogP) is 4.25. The maximum Gasteiger partial charge on any atom is 0.168 e. The molecule has 0 N–H and O–H groups in total. The van der Waals surface area contributed by atoms with E-state index in [4.69, 9.17) is 23.2 Å². The molecule has 1 aromatic heterocycles. The molecular formula is C15H16Cl2N2O. The minimum Gasteiger partial charge on any atom is -0.294 e. The van der Waals surface area contributed by atoms with Gasteiger partial charge in [-0.1, -0.05) is 35.3 Å². The fourth-order valence-corrected chi connectivity index (χ4v) is 2.44. The molecule has 1 heterocycles. The maximum absolute atomic E-state index is 12.3. The molecule has 1 aromatic carbocycles. The number of rotatable bonds is 4. The first-order valence-corrected chi connectivity index (χ1v) is 7.20. The van der Waals surface area contributed by atoms with Crippen LogP contribution in [0.25, 0.3) is 0 Å². The minimum absolute atomic E-state index is 0.0107. The molecular weight excluding hydrogens is 295 g/mol. The van der Waals surface area contributed by atoms with Crippen molar-refractivity contribution in [2.75, 3.05) is 0 Å². The van der Waals surface area contributed by atoms with Gasteiger partial charge in [-0.3, -0.25) is 9.48 Å².